The lowest BCUT2D eigenvalue weighted by Crippen LogP contribution is -2.45. The van der Waals surface area contributed by atoms with Crippen LogP contribution < -0.4 is 10.2 Å². The van der Waals surface area contributed by atoms with Gasteiger partial charge in [0.1, 0.15) is 11.3 Å². The second-order valence-electron chi connectivity index (χ2n) is 7.30. The van der Waals surface area contributed by atoms with Crippen molar-refractivity contribution in [1.82, 2.24) is 0 Å². The Morgan fingerprint density at radius 1 is 0.862 bits per heavy atom. The Hall–Kier alpha value is -2.33. The fraction of sp³-hybridized carbons (Fsp3) is 0.130. The van der Waals surface area contributed by atoms with E-state index in [4.69, 9.17) is 34.8 Å². The van der Waals surface area contributed by atoms with Crippen molar-refractivity contribution in [3.63, 3.8) is 0 Å². The third kappa shape index (κ3) is 2.88. The molecule has 2 heterocycles. The van der Waals surface area contributed by atoms with Crippen molar-refractivity contribution in [2.45, 2.75) is 5.54 Å². The SMILES string of the molecule is OC1=C(c2cccc(Cl)c2)C2(CNc3cc(Cl)ccc32)N(c2cccc(Cl)c2)C1. The quantitative estimate of drug-likeness (QED) is 0.459. The van der Waals surface area contributed by atoms with Gasteiger partial charge in [0.2, 0.25) is 0 Å². The zero-order chi connectivity index (χ0) is 20.2. The number of fused-ring (bicyclic) bond motifs is 2. The van der Waals surface area contributed by atoms with Crippen LogP contribution in [0.3, 0.4) is 0 Å². The van der Waals surface area contributed by atoms with E-state index in [1.807, 2.05) is 66.7 Å². The van der Waals surface area contributed by atoms with Crippen molar-refractivity contribution in [3.05, 3.63) is 98.7 Å². The predicted octanol–water partition coefficient (Wildman–Crippen LogP) is 6.76. The minimum atomic E-state index is -0.612. The van der Waals surface area contributed by atoms with E-state index in [0.29, 0.717) is 33.9 Å². The number of aliphatic hydroxyl groups excluding tert-OH is 1. The average Bonchev–Trinajstić information content (AvgIpc) is 3.20. The number of hydrogen-bond donors (Lipinski definition) is 2. The van der Waals surface area contributed by atoms with E-state index >= 15 is 0 Å². The summed E-state index contributed by atoms with van der Waals surface area (Å²) in [5.41, 5.74) is 4.07. The van der Waals surface area contributed by atoms with Gasteiger partial charge in [-0.1, -0.05) is 59.1 Å². The predicted molar refractivity (Wildman–Crippen MR) is 121 cm³/mol. The van der Waals surface area contributed by atoms with Crippen LogP contribution >= 0.6 is 34.8 Å². The second-order valence-corrected chi connectivity index (χ2v) is 8.61. The van der Waals surface area contributed by atoms with Gasteiger partial charge >= 0.3 is 0 Å². The molecule has 0 saturated heterocycles. The van der Waals surface area contributed by atoms with E-state index in [0.717, 1.165) is 28.1 Å². The zero-order valence-corrected chi connectivity index (χ0v) is 17.6. The molecule has 0 aliphatic carbocycles. The number of benzene rings is 3. The Bertz CT molecular complexity index is 1160. The van der Waals surface area contributed by atoms with Crippen LogP contribution in [-0.2, 0) is 5.54 Å². The first-order chi connectivity index (χ1) is 14.0. The van der Waals surface area contributed by atoms with Gasteiger partial charge in [0, 0.05) is 44.1 Å². The highest BCUT2D eigenvalue weighted by atomic mass is 35.5. The Balaban J connectivity index is 1.77. The molecule has 1 unspecified atom stereocenters. The molecule has 3 aromatic rings. The summed E-state index contributed by atoms with van der Waals surface area (Å²) in [5, 5.41) is 16.6. The fourth-order valence-corrected chi connectivity index (χ4v) is 5.10. The number of anilines is 2. The molecule has 0 saturated carbocycles. The van der Waals surface area contributed by atoms with Crippen LogP contribution in [0.15, 0.2) is 72.5 Å². The van der Waals surface area contributed by atoms with Crippen LogP contribution in [0.5, 0.6) is 0 Å². The van der Waals surface area contributed by atoms with E-state index in [-0.39, 0.29) is 0 Å². The molecule has 0 bridgehead atoms. The van der Waals surface area contributed by atoms with Crippen molar-refractivity contribution in [2.24, 2.45) is 0 Å². The molecule has 0 fully saturated rings. The first-order valence-corrected chi connectivity index (χ1v) is 10.4. The van der Waals surface area contributed by atoms with Gasteiger partial charge in [-0.3, -0.25) is 0 Å². The van der Waals surface area contributed by atoms with Gasteiger partial charge < -0.3 is 15.3 Å². The van der Waals surface area contributed by atoms with Crippen molar-refractivity contribution in [2.75, 3.05) is 23.3 Å². The molecule has 0 aromatic heterocycles. The maximum absolute atomic E-state index is 11.1. The van der Waals surface area contributed by atoms with Crippen molar-refractivity contribution >= 4 is 51.8 Å². The van der Waals surface area contributed by atoms with E-state index in [9.17, 15) is 5.11 Å². The van der Waals surface area contributed by atoms with Crippen LogP contribution in [-0.4, -0.2) is 18.2 Å². The molecule has 3 nitrogen and oxygen atoms in total. The molecule has 29 heavy (non-hydrogen) atoms. The van der Waals surface area contributed by atoms with Crippen molar-refractivity contribution in [1.29, 1.82) is 0 Å². The first kappa shape index (κ1) is 18.7. The molecule has 5 rings (SSSR count). The maximum atomic E-state index is 11.1. The lowest BCUT2D eigenvalue weighted by molar-refractivity contribution is 0.410. The first-order valence-electron chi connectivity index (χ1n) is 9.25. The summed E-state index contributed by atoms with van der Waals surface area (Å²) in [6, 6.07) is 21.1. The highest BCUT2D eigenvalue weighted by molar-refractivity contribution is 6.31. The molecule has 6 heteroatoms. The Morgan fingerprint density at radius 3 is 2.34 bits per heavy atom. The molecular formula is C23H17Cl3N2O. The lowest BCUT2D eigenvalue weighted by Gasteiger charge is -2.39. The van der Waals surface area contributed by atoms with Gasteiger partial charge in [0.15, 0.2) is 0 Å². The Kier molecular flexibility index (Phi) is 4.43. The van der Waals surface area contributed by atoms with Gasteiger partial charge in [-0.25, -0.2) is 0 Å². The van der Waals surface area contributed by atoms with Gasteiger partial charge in [-0.2, -0.15) is 0 Å². The molecule has 0 radical (unpaired) electrons. The van der Waals surface area contributed by atoms with Gasteiger partial charge in [0.05, 0.1) is 6.54 Å². The normalized spacial score (nSPS) is 20.3. The number of nitrogens with zero attached hydrogens (tertiary/aromatic N) is 1. The molecular weight excluding hydrogens is 427 g/mol. The topological polar surface area (TPSA) is 35.5 Å². The molecule has 0 amide bonds. The van der Waals surface area contributed by atoms with Gasteiger partial charge in [-0.15, -0.1) is 0 Å². The van der Waals surface area contributed by atoms with Gasteiger partial charge in [0.25, 0.3) is 0 Å². The van der Waals surface area contributed by atoms with Crippen molar-refractivity contribution < 1.29 is 5.11 Å². The highest BCUT2D eigenvalue weighted by Gasteiger charge is 2.53. The third-order valence-corrected chi connectivity index (χ3v) is 6.37. The minimum Gasteiger partial charge on any atom is -0.510 e. The number of halogens is 3. The van der Waals surface area contributed by atoms with Gasteiger partial charge in [-0.05, 0) is 48.0 Å². The van der Waals surface area contributed by atoms with E-state index < -0.39 is 5.54 Å². The summed E-state index contributed by atoms with van der Waals surface area (Å²) in [5.74, 6) is 0.317. The average molecular weight is 444 g/mol. The summed E-state index contributed by atoms with van der Waals surface area (Å²) >= 11 is 18.8. The standard InChI is InChI=1S/C23H17Cl3N2O/c24-15-4-1-3-14(9-15)22-21(29)12-28(18-6-2-5-16(25)10-18)23(22)13-27-20-11-17(26)7-8-19(20)23/h1-11,27,29H,12-13H2. The Labute approximate surface area is 184 Å². The third-order valence-electron chi connectivity index (χ3n) is 5.67. The molecule has 2 aliphatic rings. The molecule has 2 aliphatic heterocycles. The summed E-state index contributed by atoms with van der Waals surface area (Å²) in [4.78, 5) is 2.19. The second kappa shape index (κ2) is 6.88. The molecule has 146 valence electrons. The van der Waals surface area contributed by atoms with E-state index in [2.05, 4.69) is 10.2 Å². The van der Waals surface area contributed by atoms with Crippen LogP contribution in [0.2, 0.25) is 15.1 Å². The Morgan fingerprint density at radius 2 is 1.59 bits per heavy atom. The van der Waals surface area contributed by atoms with E-state index in [1.54, 1.807) is 0 Å². The smallest absolute Gasteiger partial charge is 0.118 e. The minimum absolute atomic E-state index is 0.317. The largest absolute Gasteiger partial charge is 0.510 e. The van der Waals surface area contributed by atoms with Crippen LogP contribution in [0.4, 0.5) is 11.4 Å². The summed E-state index contributed by atoms with van der Waals surface area (Å²) < 4.78 is 0. The van der Waals surface area contributed by atoms with Crippen LogP contribution in [0, 0.1) is 0 Å². The zero-order valence-electron chi connectivity index (χ0n) is 15.3. The summed E-state index contributed by atoms with van der Waals surface area (Å²) in [6.07, 6.45) is 0. The number of nitrogens with one attached hydrogen (secondary N) is 1. The molecule has 1 spiro atoms. The summed E-state index contributed by atoms with van der Waals surface area (Å²) in [6.45, 7) is 0.951. The monoisotopic (exact) mass is 442 g/mol. The van der Waals surface area contributed by atoms with Crippen molar-refractivity contribution in [3.8, 4) is 0 Å². The molecule has 3 aromatic carbocycles. The van der Waals surface area contributed by atoms with E-state index in [1.165, 1.54) is 0 Å². The van der Waals surface area contributed by atoms with Crippen LogP contribution in [0.1, 0.15) is 11.1 Å². The van der Waals surface area contributed by atoms with Crippen LogP contribution in [0.25, 0.3) is 5.57 Å². The number of rotatable bonds is 2. The summed E-state index contributed by atoms with van der Waals surface area (Å²) in [7, 11) is 0. The molecule has 1 atom stereocenters. The fourth-order valence-electron chi connectivity index (χ4n) is 4.55. The molecule has 2 N–H and O–H groups in total. The number of hydrogen-bond acceptors (Lipinski definition) is 3. The maximum Gasteiger partial charge on any atom is 0.118 e. The highest BCUT2D eigenvalue weighted by Crippen LogP contribution is 2.54. The lowest BCUT2D eigenvalue weighted by atomic mass is 9.80. The number of aliphatic hydroxyl groups is 1.